The molecule has 0 saturated heterocycles. The summed E-state index contributed by atoms with van der Waals surface area (Å²) in [6.07, 6.45) is 6.44. The molecule has 1 saturated carbocycles. The van der Waals surface area contributed by atoms with E-state index in [0.717, 1.165) is 31.4 Å². The fourth-order valence-corrected chi connectivity index (χ4v) is 2.28. The van der Waals surface area contributed by atoms with Gasteiger partial charge in [-0.05, 0) is 25.0 Å². The Morgan fingerprint density at radius 2 is 2.06 bits per heavy atom. The Morgan fingerprint density at radius 3 is 2.61 bits per heavy atom. The van der Waals surface area contributed by atoms with Crippen LogP contribution < -0.4 is 5.32 Å². The van der Waals surface area contributed by atoms with Crippen LogP contribution in [0.1, 0.15) is 42.6 Å². The van der Waals surface area contributed by atoms with E-state index >= 15 is 0 Å². The van der Waals surface area contributed by atoms with Gasteiger partial charge in [-0.2, -0.15) is 0 Å². The number of aromatic nitrogens is 1. The molecule has 1 aromatic rings. The molecule has 3 N–H and O–H groups in total. The van der Waals surface area contributed by atoms with Crippen molar-refractivity contribution >= 4 is 11.7 Å². The summed E-state index contributed by atoms with van der Waals surface area (Å²) >= 11 is 0. The molecule has 1 aliphatic rings. The highest BCUT2D eigenvalue weighted by Crippen LogP contribution is 2.28. The van der Waals surface area contributed by atoms with E-state index in [-0.39, 0.29) is 5.69 Å². The highest BCUT2D eigenvalue weighted by molar-refractivity contribution is 5.85. The molecule has 0 aliphatic heterocycles. The molecule has 0 unspecified atom stereocenters. The monoisotopic (exact) mass is 250 g/mol. The number of carbonyl (C=O) groups is 1. The molecular weight excluding hydrogens is 232 g/mol. The summed E-state index contributed by atoms with van der Waals surface area (Å²) < 4.78 is 0. The van der Waals surface area contributed by atoms with Crippen molar-refractivity contribution in [3.05, 3.63) is 24.0 Å². The van der Waals surface area contributed by atoms with Crippen LogP contribution in [0.5, 0.6) is 0 Å². The highest BCUT2D eigenvalue weighted by atomic mass is 16.4. The van der Waals surface area contributed by atoms with Crippen molar-refractivity contribution in [3.8, 4) is 0 Å². The molecule has 98 valence electrons. The minimum Gasteiger partial charge on any atom is -0.477 e. The van der Waals surface area contributed by atoms with E-state index in [4.69, 9.17) is 5.11 Å². The van der Waals surface area contributed by atoms with Crippen LogP contribution in [0.15, 0.2) is 18.3 Å². The van der Waals surface area contributed by atoms with Crippen LogP contribution in [0.25, 0.3) is 0 Å². The van der Waals surface area contributed by atoms with Crippen LogP contribution in [0, 0.1) is 0 Å². The molecule has 2 rings (SSSR count). The SMILES string of the molecule is O=C(O)c1ccc(NCC2(O)CCCCC2)cn1. The van der Waals surface area contributed by atoms with Crippen LogP contribution in [-0.2, 0) is 0 Å². The maximum atomic E-state index is 10.6. The Kier molecular flexibility index (Phi) is 3.81. The lowest BCUT2D eigenvalue weighted by atomic mass is 9.85. The molecule has 1 fully saturated rings. The quantitative estimate of drug-likeness (QED) is 0.760. The van der Waals surface area contributed by atoms with Crippen molar-refractivity contribution in [2.45, 2.75) is 37.7 Å². The highest BCUT2D eigenvalue weighted by Gasteiger charge is 2.28. The summed E-state index contributed by atoms with van der Waals surface area (Å²) in [7, 11) is 0. The van der Waals surface area contributed by atoms with Gasteiger partial charge in [-0.25, -0.2) is 9.78 Å². The van der Waals surface area contributed by atoms with E-state index in [1.807, 2.05) is 0 Å². The van der Waals surface area contributed by atoms with Gasteiger partial charge in [0, 0.05) is 6.54 Å². The lowest BCUT2D eigenvalue weighted by molar-refractivity contribution is 0.0167. The lowest BCUT2D eigenvalue weighted by Gasteiger charge is -2.32. The largest absolute Gasteiger partial charge is 0.477 e. The number of pyridine rings is 1. The first kappa shape index (κ1) is 12.8. The predicted molar refractivity (Wildman–Crippen MR) is 67.7 cm³/mol. The van der Waals surface area contributed by atoms with Gasteiger partial charge in [0.25, 0.3) is 0 Å². The molecule has 5 heteroatoms. The van der Waals surface area contributed by atoms with Gasteiger partial charge in [0.05, 0.1) is 17.5 Å². The summed E-state index contributed by atoms with van der Waals surface area (Å²) in [6.45, 7) is 0.487. The zero-order valence-electron chi connectivity index (χ0n) is 10.2. The number of hydrogen-bond donors (Lipinski definition) is 3. The number of aliphatic hydroxyl groups is 1. The van der Waals surface area contributed by atoms with Gasteiger partial charge < -0.3 is 15.5 Å². The smallest absolute Gasteiger partial charge is 0.354 e. The van der Waals surface area contributed by atoms with E-state index in [1.54, 1.807) is 6.07 Å². The van der Waals surface area contributed by atoms with Gasteiger partial charge in [-0.3, -0.25) is 0 Å². The summed E-state index contributed by atoms with van der Waals surface area (Å²) in [5.74, 6) is -1.03. The van der Waals surface area contributed by atoms with Crippen molar-refractivity contribution in [3.63, 3.8) is 0 Å². The number of nitrogens with one attached hydrogen (secondary N) is 1. The van der Waals surface area contributed by atoms with E-state index in [2.05, 4.69) is 10.3 Å². The second-order valence-corrected chi connectivity index (χ2v) is 4.88. The second-order valence-electron chi connectivity index (χ2n) is 4.88. The molecule has 1 aromatic heterocycles. The zero-order chi connectivity index (χ0) is 13.0. The Morgan fingerprint density at radius 1 is 1.33 bits per heavy atom. The Bertz CT molecular complexity index is 411. The van der Waals surface area contributed by atoms with Crippen LogP contribution >= 0.6 is 0 Å². The normalized spacial score (nSPS) is 18.3. The average Bonchev–Trinajstić information content (AvgIpc) is 2.38. The maximum absolute atomic E-state index is 10.6. The first-order valence-corrected chi connectivity index (χ1v) is 6.25. The Labute approximate surface area is 106 Å². The first-order chi connectivity index (χ1) is 8.59. The second kappa shape index (κ2) is 5.35. The first-order valence-electron chi connectivity index (χ1n) is 6.25. The topological polar surface area (TPSA) is 82.5 Å². The van der Waals surface area contributed by atoms with Crippen molar-refractivity contribution in [2.75, 3.05) is 11.9 Å². The van der Waals surface area contributed by atoms with Gasteiger partial charge in [-0.1, -0.05) is 19.3 Å². The molecule has 0 amide bonds. The van der Waals surface area contributed by atoms with Gasteiger partial charge in [0.15, 0.2) is 0 Å². The molecule has 1 aliphatic carbocycles. The number of carboxylic acids is 1. The summed E-state index contributed by atoms with van der Waals surface area (Å²) in [4.78, 5) is 14.5. The zero-order valence-corrected chi connectivity index (χ0v) is 10.2. The number of carboxylic acid groups (broad SMARTS) is 1. The standard InChI is InChI=1S/C13H18N2O3/c16-12(17)11-5-4-10(8-14-11)15-9-13(18)6-2-1-3-7-13/h4-5,8,15,18H,1-3,6-7,9H2,(H,16,17). The third-order valence-corrected chi connectivity index (χ3v) is 3.39. The molecule has 18 heavy (non-hydrogen) atoms. The van der Waals surface area contributed by atoms with Crippen molar-refractivity contribution < 1.29 is 15.0 Å². The predicted octanol–water partition coefficient (Wildman–Crippen LogP) is 1.89. The summed E-state index contributed by atoms with van der Waals surface area (Å²) in [6, 6.07) is 3.12. The van der Waals surface area contributed by atoms with Gasteiger partial charge >= 0.3 is 5.97 Å². The fraction of sp³-hybridized carbons (Fsp3) is 0.538. The molecule has 0 spiro atoms. The number of hydrogen-bond acceptors (Lipinski definition) is 4. The van der Waals surface area contributed by atoms with Crippen LogP contribution in [0.3, 0.4) is 0 Å². The van der Waals surface area contributed by atoms with Crippen molar-refractivity contribution in [1.82, 2.24) is 4.98 Å². The molecular formula is C13H18N2O3. The third kappa shape index (κ3) is 3.20. The lowest BCUT2D eigenvalue weighted by Crippen LogP contribution is -2.38. The Hall–Kier alpha value is -1.62. The van der Waals surface area contributed by atoms with Gasteiger partial charge in [0.1, 0.15) is 5.69 Å². The molecule has 5 nitrogen and oxygen atoms in total. The van der Waals surface area contributed by atoms with Gasteiger partial charge in [0.2, 0.25) is 0 Å². The minimum absolute atomic E-state index is 0.0249. The van der Waals surface area contributed by atoms with E-state index in [0.29, 0.717) is 6.54 Å². The number of aromatic carboxylic acids is 1. The number of nitrogens with zero attached hydrogens (tertiary/aromatic N) is 1. The molecule has 0 bridgehead atoms. The molecule has 1 heterocycles. The Balaban J connectivity index is 1.91. The summed E-state index contributed by atoms with van der Waals surface area (Å²) in [5, 5.41) is 22.1. The molecule has 0 radical (unpaired) electrons. The van der Waals surface area contributed by atoms with Crippen molar-refractivity contribution in [2.24, 2.45) is 0 Å². The number of anilines is 1. The van der Waals surface area contributed by atoms with E-state index in [9.17, 15) is 9.90 Å². The fourth-order valence-electron chi connectivity index (χ4n) is 2.28. The molecule has 0 atom stereocenters. The van der Waals surface area contributed by atoms with Crippen LogP contribution in [0.2, 0.25) is 0 Å². The number of rotatable bonds is 4. The molecule has 0 aromatic carbocycles. The van der Waals surface area contributed by atoms with Crippen LogP contribution in [0.4, 0.5) is 5.69 Å². The third-order valence-electron chi connectivity index (χ3n) is 3.39. The maximum Gasteiger partial charge on any atom is 0.354 e. The van der Waals surface area contributed by atoms with E-state index in [1.165, 1.54) is 18.7 Å². The van der Waals surface area contributed by atoms with Crippen molar-refractivity contribution in [1.29, 1.82) is 0 Å². The van der Waals surface area contributed by atoms with Crippen LogP contribution in [-0.4, -0.2) is 33.3 Å². The summed E-state index contributed by atoms with van der Waals surface area (Å²) in [5.41, 5.74) is 0.125. The minimum atomic E-state index is -1.03. The van der Waals surface area contributed by atoms with Gasteiger partial charge in [-0.15, -0.1) is 0 Å². The van der Waals surface area contributed by atoms with E-state index < -0.39 is 11.6 Å². The average molecular weight is 250 g/mol.